The molecule has 0 aliphatic carbocycles. The van der Waals surface area contributed by atoms with Crippen molar-refractivity contribution >= 4 is 0 Å². The number of unbranched alkanes of at least 4 members (excludes halogenated alkanes) is 8. The molecule has 2 heteroatoms. The molecule has 0 amide bonds. The SMILES string of the molecule is COCCCCCCCCCCCN1CCCCC1. The maximum absolute atomic E-state index is 5.06. The largest absolute Gasteiger partial charge is 0.385 e. The minimum atomic E-state index is 0.941. The molecule has 1 aliphatic heterocycles. The van der Waals surface area contributed by atoms with Crippen LogP contribution in [-0.2, 0) is 4.74 Å². The molecular formula is C17H35NO. The molecular weight excluding hydrogens is 234 g/mol. The highest BCUT2D eigenvalue weighted by atomic mass is 16.5. The van der Waals surface area contributed by atoms with Crippen molar-refractivity contribution in [3.8, 4) is 0 Å². The molecule has 0 aromatic heterocycles. The van der Waals surface area contributed by atoms with E-state index < -0.39 is 0 Å². The minimum Gasteiger partial charge on any atom is -0.385 e. The van der Waals surface area contributed by atoms with E-state index in [1.54, 1.807) is 7.11 Å². The van der Waals surface area contributed by atoms with Crippen molar-refractivity contribution in [2.45, 2.75) is 77.0 Å². The number of hydrogen-bond acceptors (Lipinski definition) is 2. The van der Waals surface area contributed by atoms with Crippen LogP contribution in [0.25, 0.3) is 0 Å². The molecule has 0 radical (unpaired) electrons. The Hall–Kier alpha value is -0.0800. The molecule has 1 heterocycles. The first kappa shape index (κ1) is 17.0. The summed E-state index contributed by atoms with van der Waals surface area (Å²) in [4.78, 5) is 2.67. The first-order chi connectivity index (χ1) is 9.43. The van der Waals surface area contributed by atoms with Crippen LogP contribution in [0.3, 0.4) is 0 Å². The number of nitrogens with zero attached hydrogens (tertiary/aromatic N) is 1. The molecule has 0 unspecified atom stereocenters. The lowest BCUT2D eigenvalue weighted by atomic mass is 10.1. The summed E-state index contributed by atoms with van der Waals surface area (Å²) in [5.41, 5.74) is 0. The molecule has 0 aromatic rings. The van der Waals surface area contributed by atoms with Crippen molar-refractivity contribution in [3.05, 3.63) is 0 Å². The Bertz CT molecular complexity index is 178. The van der Waals surface area contributed by atoms with Crippen LogP contribution in [0.4, 0.5) is 0 Å². The molecule has 0 atom stereocenters. The lowest BCUT2D eigenvalue weighted by Gasteiger charge is -2.26. The summed E-state index contributed by atoms with van der Waals surface area (Å²) in [6.07, 6.45) is 17.0. The second-order valence-electron chi connectivity index (χ2n) is 6.08. The van der Waals surface area contributed by atoms with Gasteiger partial charge in [0.1, 0.15) is 0 Å². The topological polar surface area (TPSA) is 12.5 Å². The lowest BCUT2D eigenvalue weighted by Crippen LogP contribution is -2.30. The van der Waals surface area contributed by atoms with Gasteiger partial charge in [-0.15, -0.1) is 0 Å². The van der Waals surface area contributed by atoms with Crippen molar-refractivity contribution in [1.29, 1.82) is 0 Å². The van der Waals surface area contributed by atoms with Gasteiger partial charge in [0.2, 0.25) is 0 Å². The molecule has 0 bridgehead atoms. The first-order valence-corrected chi connectivity index (χ1v) is 8.65. The van der Waals surface area contributed by atoms with Gasteiger partial charge in [-0.1, -0.05) is 51.4 Å². The van der Waals surface area contributed by atoms with Gasteiger partial charge in [-0.05, 0) is 45.3 Å². The van der Waals surface area contributed by atoms with Gasteiger partial charge >= 0.3 is 0 Å². The van der Waals surface area contributed by atoms with E-state index >= 15 is 0 Å². The van der Waals surface area contributed by atoms with Crippen LogP contribution >= 0.6 is 0 Å². The monoisotopic (exact) mass is 269 g/mol. The molecule has 1 rings (SSSR count). The summed E-state index contributed by atoms with van der Waals surface area (Å²) < 4.78 is 5.06. The molecule has 1 fully saturated rings. The molecule has 0 N–H and O–H groups in total. The highest BCUT2D eigenvalue weighted by Crippen LogP contribution is 2.12. The van der Waals surface area contributed by atoms with Crippen LogP contribution in [0.2, 0.25) is 0 Å². The highest BCUT2D eigenvalue weighted by molar-refractivity contribution is 4.64. The van der Waals surface area contributed by atoms with Crippen molar-refractivity contribution in [1.82, 2.24) is 4.90 Å². The Morgan fingerprint density at radius 1 is 0.684 bits per heavy atom. The molecule has 2 nitrogen and oxygen atoms in total. The molecule has 0 spiro atoms. The Kier molecular flexibility index (Phi) is 11.5. The van der Waals surface area contributed by atoms with Crippen molar-refractivity contribution in [2.75, 3.05) is 33.4 Å². The Labute approximate surface area is 120 Å². The molecule has 1 saturated heterocycles. The lowest BCUT2D eigenvalue weighted by molar-refractivity contribution is 0.192. The Morgan fingerprint density at radius 2 is 1.21 bits per heavy atom. The fraction of sp³-hybridized carbons (Fsp3) is 1.00. The zero-order valence-electron chi connectivity index (χ0n) is 13.2. The van der Waals surface area contributed by atoms with E-state index in [0.717, 1.165) is 6.61 Å². The summed E-state index contributed by atoms with van der Waals surface area (Å²) in [6, 6.07) is 0. The fourth-order valence-electron chi connectivity index (χ4n) is 3.00. The summed E-state index contributed by atoms with van der Waals surface area (Å²) >= 11 is 0. The van der Waals surface area contributed by atoms with Crippen LogP contribution in [0.15, 0.2) is 0 Å². The van der Waals surface area contributed by atoms with Gasteiger partial charge in [-0.25, -0.2) is 0 Å². The number of methoxy groups -OCH3 is 1. The van der Waals surface area contributed by atoms with Crippen LogP contribution in [0.1, 0.15) is 77.0 Å². The van der Waals surface area contributed by atoms with Crippen LogP contribution in [0.5, 0.6) is 0 Å². The summed E-state index contributed by atoms with van der Waals surface area (Å²) in [6.45, 7) is 5.02. The zero-order chi connectivity index (χ0) is 13.6. The third kappa shape index (κ3) is 10.4. The number of rotatable bonds is 12. The van der Waals surface area contributed by atoms with Gasteiger partial charge in [0, 0.05) is 13.7 Å². The normalized spacial score (nSPS) is 16.9. The predicted octanol–water partition coefficient (Wildman–Crippen LogP) is 4.63. The standard InChI is InChI=1S/C17H35NO/c1-19-17-13-8-6-4-2-3-5-7-10-14-18-15-11-9-12-16-18/h2-17H2,1H3. The van der Waals surface area contributed by atoms with E-state index in [1.165, 1.54) is 96.7 Å². The van der Waals surface area contributed by atoms with Crippen molar-refractivity contribution in [2.24, 2.45) is 0 Å². The molecule has 1 aliphatic rings. The molecule has 114 valence electrons. The average Bonchev–Trinajstić information content (AvgIpc) is 2.46. The number of ether oxygens (including phenoxy) is 1. The van der Waals surface area contributed by atoms with Crippen LogP contribution < -0.4 is 0 Å². The smallest absolute Gasteiger partial charge is 0.0462 e. The third-order valence-electron chi connectivity index (χ3n) is 4.27. The summed E-state index contributed by atoms with van der Waals surface area (Å²) in [5.74, 6) is 0. The second-order valence-corrected chi connectivity index (χ2v) is 6.08. The van der Waals surface area contributed by atoms with E-state index in [4.69, 9.17) is 4.74 Å². The predicted molar refractivity (Wildman–Crippen MR) is 83.7 cm³/mol. The van der Waals surface area contributed by atoms with Crippen molar-refractivity contribution in [3.63, 3.8) is 0 Å². The number of hydrogen-bond donors (Lipinski definition) is 0. The van der Waals surface area contributed by atoms with Crippen LogP contribution in [-0.4, -0.2) is 38.3 Å². The Morgan fingerprint density at radius 3 is 1.79 bits per heavy atom. The number of likely N-dealkylation sites (tertiary alicyclic amines) is 1. The minimum absolute atomic E-state index is 0.941. The summed E-state index contributed by atoms with van der Waals surface area (Å²) in [7, 11) is 1.80. The maximum atomic E-state index is 5.06. The van der Waals surface area contributed by atoms with Gasteiger partial charge in [0.15, 0.2) is 0 Å². The van der Waals surface area contributed by atoms with E-state index in [9.17, 15) is 0 Å². The van der Waals surface area contributed by atoms with Gasteiger partial charge in [-0.3, -0.25) is 0 Å². The maximum Gasteiger partial charge on any atom is 0.0462 e. The number of piperidine rings is 1. The summed E-state index contributed by atoms with van der Waals surface area (Å²) in [5, 5.41) is 0. The first-order valence-electron chi connectivity index (χ1n) is 8.65. The van der Waals surface area contributed by atoms with E-state index in [-0.39, 0.29) is 0 Å². The van der Waals surface area contributed by atoms with E-state index in [1.807, 2.05) is 0 Å². The molecule has 0 aromatic carbocycles. The molecule has 19 heavy (non-hydrogen) atoms. The second kappa shape index (κ2) is 12.9. The average molecular weight is 269 g/mol. The molecule has 0 saturated carbocycles. The highest BCUT2D eigenvalue weighted by Gasteiger charge is 2.08. The zero-order valence-corrected chi connectivity index (χ0v) is 13.2. The van der Waals surface area contributed by atoms with Gasteiger partial charge < -0.3 is 9.64 Å². The van der Waals surface area contributed by atoms with E-state index in [2.05, 4.69) is 4.90 Å². The van der Waals surface area contributed by atoms with Crippen molar-refractivity contribution < 1.29 is 4.74 Å². The fourth-order valence-corrected chi connectivity index (χ4v) is 3.00. The van der Waals surface area contributed by atoms with Gasteiger partial charge in [0.25, 0.3) is 0 Å². The van der Waals surface area contributed by atoms with Crippen LogP contribution in [0, 0.1) is 0 Å². The van der Waals surface area contributed by atoms with Gasteiger partial charge in [-0.2, -0.15) is 0 Å². The van der Waals surface area contributed by atoms with Gasteiger partial charge in [0.05, 0.1) is 0 Å². The van der Waals surface area contributed by atoms with E-state index in [0.29, 0.717) is 0 Å². The third-order valence-corrected chi connectivity index (χ3v) is 4.27. The Balaban J connectivity index is 1.71. The quantitative estimate of drug-likeness (QED) is 0.479.